The number of fused-ring (bicyclic) bond motifs is 1. The molecule has 0 spiro atoms. The number of methoxy groups -OCH3 is 1. The highest BCUT2D eigenvalue weighted by Gasteiger charge is 2.18. The number of carbonyl (C=O) groups excluding carboxylic acids is 1. The van der Waals surface area contributed by atoms with E-state index in [-0.39, 0.29) is 11.3 Å². The van der Waals surface area contributed by atoms with E-state index in [0.717, 1.165) is 5.39 Å². The average Bonchev–Trinajstić information content (AvgIpc) is 2.68. The molecule has 1 atom stereocenters. The van der Waals surface area contributed by atoms with Gasteiger partial charge < -0.3 is 14.8 Å². The highest BCUT2D eigenvalue weighted by atomic mass is 16.5. The first-order valence-corrected chi connectivity index (χ1v) is 9.29. The van der Waals surface area contributed by atoms with Gasteiger partial charge in [0.25, 0.3) is 5.91 Å². The molecule has 0 bridgehead atoms. The zero-order valence-corrected chi connectivity index (χ0v) is 16.9. The molecule has 1 amide bonds. The van der Waals surface area contributed by atoms with Gasteiger partial charge in [-0.1, -0.05) is 32.9 Å². The van der Waals surface area contributed by atoms with Crippen molar-refractivity contribution in [3.8, 4) is 11.5 Å². The molecule has 1 aromatic heterocycles. The smallest absolute Gasteiger partial charge is 0.265 e. The first-order valence-electron chi connectivity index (χ1n) is 9.29. The number of rotatable bonds is 5. The van der Waals surface area contributed by atoms with Crippen molar-refractivity contribution < 1.29 is 14.3 Å². The highest BCUT2D eigenvalue weighted by molar-refractivity contribution is 6.04. The lowest BCUT2D eigenvalue weighted by molar-refractivity contribution is -0.122. The molecule has 0 radical (unpaired) electrons. The molecule has 3 aromatic rings. The van der Waals surface area contributed by atoms with Crippen LogP contribution in [0.2, 0.25) is 0 Å². The van der Waals surface area contributed by atoms with Crippen LogP contribution < -0.4 is 14.8 Å². The van der Waals surface area contributed by atoms with E-state index in [2.05, 4.69) is 31.1 Å². The number of hydrogen-bond acceptors (Lipinski definition) is 4. The van der Waals surface area contributed by atoms with Crippen LogP contribution in [0, 0.1) is 0 Å². The van der Waals surface area contributed by atoms with Gasteiger partial charge in [0.2, 0.25) is 0 Å². The predicted molar refractivity (Wildman–Crippen MR) is 112 cm³/mol. The standard InChI is InChI=1S/C23H26N2O3/c1-15(28-17-10-8-16(9-11-17)23(2,3)4)22(26)25-19-12-13-20(27-5)21-18(19)7-6-14-24-21/h6-15H,1-5H3,(H,25,26). The summed E-state index contributed by atoms with van der Waals surface area (Å²) in [6.45, 7) is 8.21. The van der Waals surface area contributed by atoms with Crippen LogP contribution in [0.1, 0.15) is 33.3 Å². The number of nitrogens with zero attached hydrogens (tertiary/aromatic N) is 1. The molecular formula is C23H26N2O3. The molecule has 0 saturated carbocycles. The molecule has 2 aromatic carbocycles. The van der Waals surface area contributed by atoms with Crippen LogP contribution in [0.5, 0.6) is 11.5 Å². The molecule has 3 rings (SSSR count). The Kier molecular flexibility index (Phi) is 5.54. The van der Waals surface area contributed by atoms with E-state index in [1.165, 1.54) is 5.56 Å². The Hall–Kier alpha value is -3.08. The summed E-state index contributed by atoms with van der Waals surface area (Å²) < 4.78 is 11.2. The van der Waals surface area contributed by atoms with Crippen molar-refractivity contribution in [3.05, 3.63) is 60.3 Å². The van der Waals surface area contributed by atoms with Crippen molar-refractivity contribution in [2.75, 3.05) is 12.4 Å². The monoisotopic (exact) mass is 378 g/mol. The van der Waals surface area contributed by atoms with E-state index in [0.29, 0.717) is 22.7 Å². The molecule has 1 N–H and O–H groups in total. The Labute approximate surface area is 165 Å². The Balaban J connectivity index is 1.74. The van der Waals surface area contributed by atoms with Crippen LogP contribution in [0.25, 0.3) is 10.9 Å². The number of carbonyl (C=O) groups is 1. The molecule has 0 aliphatic carbocycles. The van der Waals surface area contributed by atoms with Gasteiger partial charge in [-0.05, 0) is 54.3 Å². The summed E-state index contributed by atoms with van der Waals surface area (Å²) in [5, 5.41) is 3.75. The van der Waals surface area contributed by atoms with Gasteiger partial charge in [0.15, 0.2) is 6.10 Å². The minimum Gasteiger partial charge on any atom is -0.494 e. The lowest BCUT2D eigenvalue weighted by Crippen LogP contribution is -2.30. The zero-order valence-electron chi connectivity index (χ0n) is 16.9. The quantitative estimate of drug-likeness (QED) is 0.683. The Morgan fingerprint density at radius 3 is 2.43 bits per heavy atom. The fraction of sp³-hybridized carbons (Fsp3) is 0.304. The molecule has 0 fully saturated rings. The van der Waals surface area contributed by atoms with E-state index in [1.807, 2.05) is 42.5 Å². The SMILES string of the molecule is COc1ccc(NC(=O)C(C)Oc2ccc(C(C)(C)C)cc2)c2cccnc12. The van der Waals surface area contributed by atoms with Crippen molar-refractivity contribution in [1.82, 2.24) is 4.98 Å². The third-order valence-corrected chi connectivity index (χ3v) is 4.61. The molecular weight excluding hydrogens is 352 g/mol. The second-order valence-corrected chi connectivity index (χ2v) is 7.74. The predicted octanol–water partition coefficient (Wildman–Crippen LogP) is 4.95. The normalized spacial score (nSPS) is 12.5. The topological polar surface area (TPSA) is 60.5 Å². The third kappa shape index (κ3) is 4.25. The largest absolute Gasteiger partial charge is 0.494 e. The second kappa shape index (κ2) is 7.89. The number of pyridine rings is 1. The van der Waals surface area contributed by atoms with Crippen LogP contribution in [0.15, 0.2) is 54.7 Å². The molecule has 5 heteroatoms. The number of benzene rings is 2. The van der Waals surface area contributed by atoms with Crippen molar-refractivity contribution in [2.45, 2.75) is 39.2 Å². The Bertz CT molecular complexity index is 975. The maximum Gasteiger partial charge on any atom is 0.265 e. The number of ether oxygens (including phenoxy) is 2. The Morgan fingerprint density at radius 1 is 1.07 bits per heavy atom. The first-order chi connectivity index (χ1) is 13.3. The summed E-state index contributed by atoms with van der Waals surface area (Å²) in [7, 11) is 1.60. The van der Waals surface area contributed by atoms with Gasteiger partial charge in [-0.3, -0.25) is 9.78 Å². The van der Waals surface area contributed by atoms with Crippen LogP contribution in [0.3, 0.4) is 0 Å². The lowest BCUT2D eigenvalue weighted by atomic mass is 9.87. The van der Waals surface area contributed by atoms with Crippen LogP contribution in [-0.4, -0.2) is 24.1 Å². The summed E-state index contributed by atoms with van der Waals surface area (Å²) in [5.74, 6) is 1.10. The number of nitrogens with one attached hydrogen (secondary N) is 1. The van der Waals surface area contributed by atoms with E-state index in [1.54, 1.807) is 26.3 Å². The molecule has 5 nitrogen and oxygen atoms in total. The minimum atomic E-state index is -0.644. The molecule has 1 heterocycles. The van der Waals surface area contributed by atoms with Crippen molar-refractivity contribution in [3.63, 3.8) is 0 Å². The first kappa shape index (κ1) is 19.7. The van der Waals surface area contributed by atoms with Gasteiger partial charge in [-0.25, -0.2) is 0 Å². The van der Waals surface area contributed by atoms with Crippen LogP contribution >= 0.6 is 0 Å². The number of amides is 1. The maximum atomic E-state index is 12.7. The molecule has 0 aliphatic heterocycles. The summed E-state index contributed by atoms with van der Waals surface area (Å²) in [4.78, 5) is 17.0. The van der Waals surface area contributed by atoms with E-state index >= 15 is 0 Å². The number of aromatic nitrogens is 1. The summed E-state index contributed by atoms with van der Waals surface area (Å²) >= 11 is 0. The van der Waals surface area contributed by atoms with Gasteiger partial charge in [0.1, 0.15) is 17.0 Å². The van der Waals surface area contributed by atoms with Gasteiger partial charge in [-0.15, -0.1) is 0 Å². The van der Waals surface area contributed by atoms with Crippen LogP contribution in [-0.2, 0) is 10.2 Å². The van der Waals surface area contributed by atoms with Crippen molar-refractivity contribution >= 4 is 22.5 Å². The van der Waals surface area contributed by atoms with Crippen molar-refractivity contribution in [1.29, 1.82) is 0 Å². The molecule has 0 aliphatic rings. The molecule has 146 valence electrons. The van der Waals surface area contributed by atoms with Gasteiger partial charge in [0, 0.05) is 11.6 Å². The molecule has 0 saturated heterocycles. The maximum absolute atomic E-state index is 12.7. The van der Waals surface area contributed by atoms with Crippen molar-refractivity contribution in [2.24, 2.45) is 0 Å². The summed E-state index contributed by atoms with van der Waals surface area (Å²) in [6.07, 6.45) is 1.05. The van der Waals surface area contributed by atoms with Crippen LogP contribution in [0.4, 0.5) is 5.69 Å². The minimum absolute atomic E-state index is 0.0744. The van der Waals surface area contributed by atoms with E-state index in [9.17, 15) is 4.79 Å². The third-order valence-electron chi connectivity index (χ3n) is 4.61. The second-order valence-electron chi connectivity index (χ2n) is 7.74. The molecule has 28 heavy (non-hydrogen) atoms. The average molecular weight is 378 g/mol. The molecule has 1 unspecified atom stereocenters. The van der Waals surface area contributed by atoms with Gasteiger partial charge >= 0.3 is 0 Å². The summed E-state index contributed by atoms with van der Waals surface area (Å²) in [5.41, 5.74) is 2.67. The number of hydrogen-bond donors (Lipinski definition) is 1. The fourth-order valence-electron chi connectivity index (χ4n) is 2.95. The van der Waals surface area contributed by atoms with E-state index < -0.39 is 6.10 Å². The fourth-order valence-corrected chi connectivity index (χ4v) is 2.95. The number of anilines is 1. The van der Waals surface area contributed by atoms with Gasteiger partial charge in [-0.2, -0.15) is 0 Å². The Morgan fingerprint density at radius 2 is 1.79 bits per heavy atom. The lowest BCUT2D eigenvalue weighted by Gasteiger charge is -2.20. The zero-order chi connectivity index (χ0) is 20.3. The highest BCUT2D eigenvalue weighted by Crippen LogP contribution is 2.30. The summed E-state index contributed by atoms with van der Waals surface area (Å²) in [6, 6.07) is 15.2. The van der Waals surface area contributed by atoms with Gasteiger partial charge in [0.05, 0.1) is 12.8 Å². The van der Waals surface area contributed by atoms with E-state index in [4.69, 9.17) is 9.47 Å².